The van der Waals surface area contributed by atoms with Crippen LogP contribution in [0.5, 0.6) is 5.75 Å². The van der Waals surface area contributed by atoms with E-state index in [-0.39, 0.29) is 11.5 Å². The summed E-state index contributed by atoms with van der Waals surface area (Å²) in [5.74, 6) is 0.977. The van der Waals surface area contributed by atoms with Crippen molar-refractivity contribution >= 4 is 23.1 Å². The standard InChI is InChI=1S/C22H22N6O2/c23-21-20-22(29)27-18-11-24-7-4-19(18)28-8-5-14(13-28)6-9-30-16-3-1-2-15(10-16)17(26-20)12-25-21/h1-4,7,10-12,14H,5-6,8-9,13H2,(H2,23,25)(H,27,29). The van der Waals surface area contributed by atoms with Crippen LogP contribution < -0.4 is 20.7 Å². The van der Waals surface area contributed by atoms with Gasteiger partial charge < -0.3 is 20.7 Å². The molecule has 5 rings (SSSR count). The van der Waals surface area contributed by atoms with Gasteiger partial charge in [-0.05, 0) is 37.0 Å². The predicted octanol–water partition coefficient (Wildman–Crippen LogP) is 2.98. The molecule has 6 bridgehead atoms. The molecule has 2 aliphatic heterocycles. The van der Waals surface area contributed by atoms with E-state index in [0.29, 0.717) is 23.9 Å². The molecule has 1 amide bonds. The topological polar surface area (TPSA) is 106 Å². The fourth-order valence-corrected chi connectivity index (χ4v) is 4.02. The Morgan fingerprint density at radius 2 is 2.13 bits per heavy atom. The fraction of sp³-hybridized carbons (Fsp3) is 0.273. The van der Waals surface area contributed by atoms with Crippen LogP contribution in [-0.2, 0) is 0 Å². The van der Waals surface area contributed by atoms with Crippen LogP contribution in [0.25, 0.3) is 11.3 Å². The molecule has 1 unspecified atom stereocenters. The van der Waals surface area contributed by atoms with E-state index >= 15 is 0 Å². The van der Waals surface area contributed by atoms with Crippen LogP contribution in [0.4, 0.5) is 17.2 Å². The van der Waals surface area contributed by atoms with Crippen LogP contribution in [0.3, 0.4) is 0 Å². The number of anilines is 3. The molecular formula is C22H22N6O2. The van der Waals surface area contributed by atoms with E-state index in [0.717, 1.165) is 42.9 Å². The summed E-state index contributed by atoms with van der Waals surface area (Å²) >= 11 is 0. The SMILES string of the molecule is Nc1ncc2nc1C(=O)Nc1cnccc1N1CCC(CCOc3cccc-2c3)C1. The van der Waals surface area contributed by atoms with Crippen LogP contribution in [0.2, 0.25) is 0 Å². The largest absolute Gasteiger partial charge is 0.494 e. The van der Waals surface area contributed by atoms with Gasteiger partial charge in [0.05, 0.1) is 36.1 Å². The summed E-state index contributed by atoms with van der Waals surface area (Å²) in [7, 11) is 0. The van der Waals surface area contributed by atoms with Crippen LogP contribution >= 0.6 is 0 Å². The zero-order valence-electron chi connectivity index (χ0n) is 16.4. The molecule has 1 atom stereocenters. The third kappa shape index (κ3) is 3.52. The second-order valence-corrected chi connectivity index (χ2v) is 7.60. The maximum absolute atomic E-state index is 13.0. The number of hydrogen-bond acceptors (Lipinski definition) is 7. The van der Waals surface area contributed by atoms with Crippen LogP contribution in [-0.4, -0.2) is 40.6 Å². The second kappa shape index (κ2) is 7.62. The van der Waals surface area contributed by atoms with Gasteiger partial charge in [-0.1, -0.05) is 12.1 Å². The number of nitrogens with zero attached hydrogens (tertiary/aromatic N) is 4. The molecule has 0 spiro atoms. The lowest BCUT2D eigenvalue weighted by atomic mass is 10.1. The summed E-state index contributed by atoms with van der Waals surface area (Å²) in [6.45, 7) is 2.48. The molecule has 8 heteroatoms. The molecule has 4 heterocycles. The number of ether oxygens (including phenoxy) is 1. The Hall–Kier alpha value is -3.68. The number of carbonyl (C=O) groups is 1. The molecule has 30 heavy (non-hydrogen) atoms. The van der Waals surface area contributed by atoms with Gasteiger partial charge in [0.2, 0.25) is 0 Å². The van der Waals surface area contributed by atoms with Gasteiger partial charge >= 0.3 is 0 Å². The Balaban J connectivity index is 1.58. The number of fused-ring (bicyclic) bond motifs is 9. The molecule has 1 fully saturated rings. The number of aromatic nitrogens is 3. The Kier molecular flexibility index (Phi) is 4.66. The number of carbonyl (C=O) groups excluding carboxylic acids is 1. The van der Waals surface area contributed by atoms with E-state index < -0.39 is 5.91 Å². The number of nitrogen functional groups attached to an aromatic ring is 1. The number of pyridine rings is 1. The highest BCUT2D eigenvalue weighted by atomic mass is 16.5. The first-order valence-electron chi connectivity index (χ1n) is 10.0. The third-order valence-corrected chi connectivity index (χ3v) is 5.61. The van der Waals surface area contributed by atoms with Crippen molar-refractivity contribution in [2.75, 3.05) is 35.6 Å². The minimum atomic E-state index is -0.411. The number of nitrogens with one attached hydrogen (secondary N) is 1. The normalized spacial score (nSPS) is 18.3. The molecule has 0 saturated carbocycles. The summed E-state index contributed by atoms with van der Waals surface area (Å²) in [6.07, 6.45) is 7.01. The number of benzene rings is 1. The van der Waals surface area contributed by atoms with Gasteiger partial charge in [0.15, 0.2) is 11.5 Å². The van der Waals surface area contributed by atoms with E-state index in [4.69, 9.17) is 10.5 Å². The average Bonchev–Trinajstić information content (AvgIpc) is 3.23. The van der Waals surface area contributed by atoms with Crippen LogP contribution in [0.15, 0.2) is 48.9 Å². The maximum atomic E-state index is 13.0. The smallest absolute Gasteiger partial charge is 0.278 e. The van der Waals surface area contributed by atoms with Crippen molar-refractivity contribution in [3.05, 3.63) is 54.6 Å². The minimum Gasteiger partial charge on any atom is -0.494 e. The van der Waals surface area contributed by atoms with Crippen molar-refractivity contribution < 1.29 is 9.53 Å². The zero-order valence-corrected chi connectivity index (χ0v) is 16.4. The van der Waals surface area contributed by atoms with Crippen molar-refractivity contribution in [2.45, 2.75) is 12.8 Å². The van der Waals surface area contributed by atoms with Gasteiger partial charge in [-0.2, -0.15) is 0 Å². The van der Waals surface area contributed by atoms with Gasteiger partial charge in [-0.15, -0.1) is 0 Å². The van der Waals surface area contributed by atoms with Gasteiger partial charge in [0.1, 0.15) is 5.75 Å². The fourth-order valence-electron chi connectivity index (χ4n) is 4.02. The van der Waals surface area contributed by atoms with Crippen molar-refractivity contribution in [1.29, 1.82) is 0 Å². The lowest BCUT2D eigenvalue weighted by Gasteiger charge is -2.22. The number of rotatable bonds is 0. The Bertz CT molecular complexity index is 1100. The first-order valence-corrected chi connectivity index (χ1v) is 10.0. The first kappa shape index (κ1) is 18.4. The maximum Gasteiger partial charge on any atom is 0.278 e. The second-order valence-electron chi connectivity index (χ2n) is 7.60. The quantitative estimate of drug-likeness (QED) is 0.595. The van der Waals surface area contributed by atoms with Crippen LogP contribution in [0, 0.1) is 5.92 Å². The minimum absolute atomic E-state index is 0.0800. The molecule has 0 aliphatic carbocycles. The summed E-state index contributed by atoms with van der Waals surface area (Å²) in [5, 5.41) is 2.93. The molecule has 2 aliphatic rings. The lowest BCUT2D eigenvalue weighted by molar-refractivity contribution is 0.102. The summed E-state index contributed by atoms with van der Waals surface area (Å²) in [4.78, 5) is 28.2. The van der Waals surface area contributed by atoms with E-state index in [1.54, 1.807) is 18.6 Å². The highest BCUT2D eigenvalue weighted by molar-refractivity contribution is 6.07. The summed E-state index contributed by atoms with van der Waals surface area (Å²) in [6, 6.07) is 9.58. The van der Waals surface area contributed by atoms with E-state index in [9.17, 15) is 4.79 Å². The summed E-state index contributed by atoms with van der Waals surface area (Å²) < 4.78 is 6.00. The van der Waals surface area contributed by atoms with Gasteiger partial charge in [-0.3, -0.25) is 9.78 Å². The van der Waals surface area contributed by atoms with Crippen molar-refractivity contribution in [3.63, 3.8) is 0 Å². The Morgan fingerprint density at radius 1 is 1.20 bits per heavy atom. The van der Waals surface area contributed by atoms with Crippen LogP contribution in [0.1, 0.15) is 23.3 Å². The molecule has 0 radical (unpaired) electrons. The van der Waals surface area contributed by atoms with Gasteiger partial charge in [0, 0.05) is 24.8 Å². The Labute approximate surface area is 174 Å². The number of amides is 1. The molecule has 2 aromatic heterocycles. The third-order valence-electron chi connectivity index (χ3n) is 5.61. The molecular weight excluding hydrogens is 380 g/mol. The number of nitrogens with two attached hydrogens (primary N) is 1. The van der Waals surface area contributed by atoms with Crippen molar-refractivity contribution in [2.24, 2.45) is 5.92 Å². The highest BCUT2D eigenvalue weighted by Crippen LogP contribution is 2.32. The van der Waals surface area contributed by atoms with Gasteiger partial charge in [-0.25, -0.2) is 9.97 Å². The average molecular weight is 402 g/mol. The van der Waals surface area contributed by atoms with E-state index in [2.05, 4.69) is 25.2 Å². The first-order chi connectivity index (χ1) is 14.7. The molecule has 3 N–H and O–H groups in total. The lowest BCUT2D eigenvalue weighted by Crippen LogP contribution is -2.24. The van der Waals surface area contributed by atoms with Crippen molar-refractivity contribution in [1.82, 2.24) is 15.0 Å². The molecule has 1 saturated heterocycles. The Morgan fingerprint density at radius 3 is 3.07 bits per heavy atom. The number of hydrogen-bond donors (Lipinski definition) is 2. The predicted molar refractivity (Wildman–Crippen MR) is 115 cm³/mol. The summed E-state index contributed by atoms with van der Waals surface area (Å²) in [5.41, 5.74) is 9.02. The molecule has 152 valence electrons. The molecule has 8 nitrogen and oxygen atoms in total. The van der Waals surface area contributed by atoms with E-state index in [1.165, 1.54) is 0 Å². The molecule has 1 aromatic carbocycles. The van der Waals surface area contributed by atoms with Crippen molar-refractivity contribution in [3.8, 4) is 17.0 Å². The molecule has 3 aromatic rings. The zero-order chi connectivity index (χ0) is 20.5. The van der Waals surface area contributed by atoms with E-state index in [1.807, 2.05) is 30.3 Å². The highest BCUT2D eigenvalue weighted by Gasteiger charge is 2.25. The van der Waals surface area contributed by atoms with Gasteiger partial charge in [0.25, 0.3) is 5.91 Å². The monoisotopic (exact) mass is 402 g/mol.